The highest BCUT2D eigenvalue weighted by Crippen LogP contribution is 2.29. The number of hydrogen-bond donors (Lipinski definition) is 2. The lowest BCUT2D eigenvalue weighted by Gasteiger charge is -2.13. The molecule has 1 aliphatic carbocycles. The second-order valence-corrected chi connectivity index (χ2v) is 6.76. The molecule has 11 heteroatoms. The maximum Gasteiger partial charge on any atom is 0.451 e. The summed E-state index contributed by atoms with van der Waals surface area (Å²) in [5.41, 5.74) is 1.31. The first-order valence-electron chi connectivity index (χ1n) is 8.12. The first kappa shape index (κ1) is 20.3. The number of urea groups is 1. The molecule has 2 rings (SSSR count). The fraction of sp³-hybridized carbons (Fsp3) is 0.600. The minimum absolute atomic E-state index is 0.0582. The Morgan fingerprint density at radius 1 is 1.31 bits per heavy atom. The molecule has 7 nitrogen and oxygen atoms in total. The van der Waals surface area contributed by atoms with Crippen LogP contribution in [0.1, 0.15) is 37.9 Å². The van der Waals surface area contributed by atoms with Crippen LogP contribution in [0.25, 0.3) is 0 Å². The smallest absolute Gasteiger partial charge is 0.337 e. The summed E-state index contributed by atoms with van der Waals surface area (Å²) in [6.45, 7) is 0.427. The van der Waals surface area contributed by atoms with Crippen molar-refractivity contribution in [3.05, 3.63) is 17.5 Å². The summed E-state index contributed by atoms with van der Waals surface area (Å²) < 4.78 is 38.6. The van der Waals surface area contributed by atoms with Crippen LogP contribution in [0.15, 0.2) is 16.8 Å². The van der Waals surface area contributed by atoms with Gasteiger partial charge in [-0.3, -0.25) is 10.1 Å². The van der Waals surface area contributed by atoms with Gasteiger partial charge in [-0.05, 0) is 32.1 Å². The SMILES string of the molecule is Cn1c(SCC(=O)NC(=O)NCCC2=CCCCC2)nnc1C(F)(F)F. The molecule has 0 fully saturated rings. The third-order valence-electron chi connectivity index (χ3n) is 3.79. The number of alkyl halides is 3. The van der Waals surface area contributed by atoms with Crippen LogP contribution in [0.5, 0.6) is 0 Å². The minimum Gasteiger partial charge on any atom is -0.337 e. The monoisotopic (exact) mass is 391 g/mol. The van der Waals surface area contributed by atoms with Crippen LogP contribution in [-0.2, 0) is 18.0 Å². The van der Waals surface area contributed by atoms with Crippen LogP contribution in [0.3, 0.4) is 0 Å². The first-order chi connectivity index (χ1) is 12.3. The molecular weight excluding hydrogens is 371 g/mol. The van der Waals surface area contributed by atoms with Gasteiger partial charge in [0.05, 0.1) is 5.75 Å². The molecule has 0 saturated carbocycles. The quantitative estimate of drug-likeness (QED) is 0.575. The number of aromatic nitrogens is 3. The second kappa shape index (κ2) is 9.06. The van der Waals surface area contributed by atoms with E-state index in [1.165, 1.54) is 12.0 Å². The van der Waals surface area contributed by atoms with Crippen molar-refractivity contribution < 1.29 is 22.8 Å². The molecule has 1 aliphatic rings. The number of carbonyl (C=O) groups is 2. The van der Waals surface area contributed by atoms with Gasteiger partial charge in [-0.1, -0.05) is 23.4 Å². The zero-order valence-electron chi connectivity index (χ0n) is 14.2. The Balaban J connectivity index is 1.70. The van der Waals surface area contributed by atoms with Crippen molar-refractivity contribution in [2.75, 3.05) is 12.3 Å². The molecule has 144 valence electrons. The molecule has 0 atom stereocenters. The first-order valence-corrected chi connectivity index (χ1v) is 9.11. The lowest BCUT2D eigenvalue weighted by atomic mass is 9.97. The molecule has 1 heterocycles. The van der Waals surface area contributed by atoms with Crippen LogP contribution in [0.2, 0.25) is 0 Å². The van der Waals surface area contributed by atoms with Gasteiger partial charge < -0.3 is 9.88 Å². The van der Waals surface area contributed by atoms with Crippen LogP contribution in [0, 0.1) is 0 Å². The van der Waals surface area contributed by atoms with Crippen LogP contribution >= 0.6 is 11.8 Å². The molecular formula is C15H20F3N5O2S. The van der Waals surface area contributed by atoms with Crippen molar-refractivity contribution in [1.29, 1.82) is 0 Å². The summed E-state index contributed by atoms with van der Waals surface area (Å²) in [6.07, 6.45) is 2.77. The molecule has 3 amide bonds. The average molecular weight is 391 g/mol. The Kier molecular flexibility index (Phi) is 7.06. The molecule has 2 N–H and O–H groups in total. The maximum atomic E-state index is 12.6. The number of rotatable bonds is 6. The van der Waals surface area contributed by atoms with Gasteiger partial charge in [-0.15, -0.1) is 10.2 Å². The van der Waals surface area contributed by atoms with E-state index in [9.17, 15) is 22.8 Å². The summed E-state index contributed by atoms with van der Waals surface area (Å²) in [6, 6.07) is -0.624. The van der Waals surface area contributed by atoms with E-state index in [0.717, 1.165) is 49.1 Å². The molecule has 0 spiro atoms. The van der Waals surface area contributed by atoms with Crippen molar-refractivity contribution in [2.24, 2.45) is 7.05 Å². The van der Waals surface area contributed by atoms with Crippen molar-refractivity contribution in [3.63, 3.8) is 0 Å². The summed E-state index contributed by atoms with van der Waals surface area (Å²) in [4.78, 5) is 23.4. The fourth-order valence-electron chi connectivity index (χ4n) is 2.49. The van der Waals surface area contributed by atoms with Gasteiger partial charge in [0.2, 0.25) is 11.7 Å². The largest absolute Gasteiger partial charge is 0.451 e. The molecule has 0 saturated heterocycles. The zero-order valence-corrected chi connectivity index (χ0v) is 15.0. The topological polar surface area (TPSA) is 88.9 Å². The molecule has 1 aromatic heterocycles. The van der Waals surface area contributed by atoms with Crippen molar-refractivity contribution >= 4 is 23.7 Å². The Labute approximate surface area is 152 Å². The Morgan fingerprint density at radius 2 is 2.08 bits per heavy atom. The van der Waals surface area contributed by atoms with Crippen molar-refractivity contribution in [1.82, 2.24) is 25.4 Å². The number of halogens is 3. The van der Waals surface area contributed by atoms with E-state index in [2.05, 4.69) is 26.9 Å². The average Bonchev–Trinajstić information content (AvgIpc) is 2.95. The van der Waals surface area contributed by atoms with E-state index >= 15 is 0 Å². The van der Waals surface area contributed by atoms with Gasteiger partial charge in [0.15, 0.2) is 5.16 Å². The van der Waals surface area contributed by atoms with Crippen molar-refractivity contribution in [2.45, 2.75) is 43.4 Å². The molecule has 0 bridgehead atoms. The predicted molar refractivity (Wildman–Crippen MR) is 89.4 cm³/mol. The highest BCUT2D eigenvalue weighted by atomic mass is 32.2. The number of imide groups is 1. The van der Waals surface area contributed by atoms with Gasteiger partial charge in [-0.25, -0.2) is 4.79 Å². The highest BCUT2D eigenvalue weighted by molar-refractivity contribution is 7.99. The van der Waals surface area contributed by atoms with Crippen LogP contribution in [0.4, 0.5) is 18.0 Å². The number of nitrogens with zero attached hydrogens (tertiary/aromatic N) is 3. The summed E-state index contributed by atoms with van der Waals surface area (Å²) in [7, 11) is 1.16. The summed E-state index contributed by atoms with van der Waals surface area (Å²) in [5.74, 6) is -2.02. The molecule has 0 aliphatic heterocycles. The third kappa shape index (κ3) is 6.04. The second-order valence-electron chi connectivity index (χ2n) is 5.81. The van der Waals surface area contributed by atoms with E-state index in [4.69, 9.17) is 0 Å². The number of amides is 3. The molecule has 1 aromatic rings. The zero-order chi connectivity index (χ0) is 19.2. The Hall–Kier alpha value is -2.04. The molecule has 0 unspecified atom stereocenters. The lowest BCUT2D eigenvalue weighted by molar-refractivity contribution is -0.147. The molecule has 0 radical (unpaired) electrons. The maximum absolute atomic E-state index is 12.6. The van der Waals surface area contributed by atoms with Gasteiger partial charge in [0, 0.05) is 13.6 Å². The Bertz CT molecular complexity index is 687. The van der Waals surface area contributed by atoms with Gasteiger partial charge in [0.1, 0.15) is 0 Å². The lowest BCUT2D eigenvalue weighted by Crippen LogP contribution is -2.40. The third-order valence-corrected chi connectivity index (χ3v) is 4.81. The van der Waals surface area contributed by atoms with Gasteiger partial charge in [-0.2, -0.15) is 13.2 Å². The number of nitrogens with one attached hydrogen (secondary N) is 2. The molecule has 26 heavy (non-hydrogen) atoms. The van der Waals surface area contributed by atoms with Crippen LogP contribution in [-0.4, -0.2) is 39.0 Å². The Morgan fingerprint density at radius 3 is 2.69 bits per heavy atom. The summed E-state index contributed by atoms with van der Waals surface area (Å²) >= 11 is 0.769. The number of allylic oxidation sites excluding steroid dienone is 1. The van der Waals surface area contributed by atoms with E-state index in [-0.39, 0.29) is 10.9 Å². The number of carbonyl (C=O) groups excluding carboxylic acids is 2. The standard InChI is InChI=1S/C15H20F3N5O2S/c1-23-12(15(16,17)18)21-22-14(23)26-9-11(24)20-13(25)19-8-7-10-5-3-2-4-6-10/h5H,2-4,6-9H2,1H3,(H2,19,20,24,25). The van der Waals surface area contributed by atoms with E-state index in [0.29, 0.717) is 6.54 Å². The predicted octanol–water partition coefficient (Wildman–Crippen LogP) is 2.64. The van der Waals surface area contributed by atoms with Crippen LogP contribution < -0.4 is 10.6 Å². The van der Waals surface area contributed by atoms with E-state index in [1.807, 2.05) is 0 Å². The van der Waals surface area contributed by atoms with E-state index < -0.39 is 23.9 Å². The van der Waals surface area contributed by atoms with E-state index in [1.54, 1.807) is 0 Å². The fourth-order valence-corrected chi connectivity index (χ4v) is 3.20. The normalized spacial score (nSPS) is 14.7. The van der Waals surface area contributed by atoms with Gasteiger partial charge in [0.25, 0.3) is 0 Å². The van der Waals surface area contributed by atoms with Gasteiger partial charge >= 0.3 is 12.2 Å². The summed E-state index contributed by atoms with van der Waals surface area (Å²) in [5, 5.41) is 11.1. The molecule has 0 aromatic carbocycles. The highest BCUT2D eigenvalue weighted by Gasteiger charge is 2.37. The minimum atomic E-state index is -4.61. The van der Waals surface area contributed by atoms with Crippen molar-refractivity contribution in [3.8, 4) is 0 Å². The number of thioether (sulfide) groups is 1. The number of hydrogen-bond acceptors (Lipinski definition) is 5.